The normalized spacial score (nSPS) is 18.3. The highest BCUT2D eigenvalue weighted by Crippen LogP contribution is 2.36. The lowest BCUT2D eigenvalue weighted by Gasteiger charge is -2.43. The first-order valence-electron chi connectivity index (χ1n) is 7.68. The van der Waals surface area contributed by atoms with Crippen molar-refractivity contribution in [2.75, 3.05) is 7.05 Å². The fraction of sp³-hybridized carbons (Fsp3) is 0.800. The molecule has 6 heteroatoms. The van der Waals surface area contributed by atoms with Crippen LogP contribution < -0.4 is 0 Å². The van der Waals surface area contributed by atoms with Crippen molar-refractivity contribution in [3.63, 3.8) is 0 Å². The molecule has 6 nitrogen and oxygen atoms in total. The summed E-state index contributed by atoms with van der Waals surface area (Å²) in [4.78, 5) is 17.7. The first-order valence-corrected chi connectivity index (χ1v) is 7.68. The second-order valence-corrected chi connectivity index (χ2v) is 6.42. The maximum Gasteiger partial charge on any atom is 0.305 e. The quantitative estimate of drug-likeness (QED) is 0.869. The van der Waals surface area contributed by atoms with Gasteiger partial charge in [-0.25, -0.2) is 0 Å². The molecule has 0 amide bonds. The second-order valence-electron chi connectivity index (χ2n) is 6.42. The molecule has 0 aromatic carbocycles. The number of hydrogen-bond acceptors (Lipinski definition) is 5. The molecule has 1 aromatic heterocycles. The van der Waals surface area contributed by atoms with Crippen LogP contribution in [0, 0.1) is 0 Å². The molecule has 0 saturated heterocycles. The number of rotatable bonds is 6. The fourth-order valence-electron chi connectivity index (χ4n) is 3.13. The molecule has 1 heterocycles. The second kappa shape index (κ2) is 6.56. The highest BCUT2D eigenvalue weighted by atomic mass is 16.5. The summed E-state index contributed by atoms with van der Waals surface area (Å²) in [6, 6.07) is 0. The number of carbonyl (C=O) groups is 1. The van der Waals surface area contributed by atoms with Crippen LogP contribution in [0.1, 0.15) is 70.0 Å². The molecule has 1 saturated carbocycles. The zero-order valence-corrected chi connectivity index (χ0v) is 13.1. The highest BCUT2D eigenvalue weighted by molar-refractivity contribution is 5.68. The Hall–Kier alpha value is -1.43. The molecule has 0 radical (unpaired) electrons. The number of aromatic nitrogens is 2. The van der Waals surface area contributed by atoms with Gasteiger partial charge in [-0.05, 0) is 19.9 Å². The van der Waals surface area contributed by atoms with Crippen LogP contribution in [0.5, 0.6) is 0 Å². The molecule has 0 aliphatic heterocycles. The van der Waals surface area contributed by atoms with Gasteiger partial charge in [-0.1, -0.05) is 38.3 Å². The smallest absolute Gasteiger partial charge is 0.305 e. The van der Waals surface area contributed by atoms with E-state index in [-0.39, 0.29) is 17.9 Å². The molecule has 1 aromatic rings. The molecule has 21 heavy (non-hydrogen) atoms. The predicted octanol–water partition coefficient (Wildman–Crippen LogP) is 2.80. The Bertz CT molecular complexity index is 478. The summed E-state index contributed by atoms with van der Waals surface area (Å²) in [7, 11) is 1.97. The van der Waals surface area contributed by atoms with E-state index in [9.17, 15) is 9.90 Å². The molecule has 0 bridgehead atoms. The summed E-state index contributed by atoms with van der Waals surface area (Å²) in [5, 5.41) is 13.3. The fourth-order valence-corrected chi connectivity index (χ4v) is 3.13. The molecule has 0 spiro atoms. The minimum absolute atomic E-state index is 0.179. The van der Waals surface area contributed by atoms with Gasteiger partial charge in [0.1, 0.15) is 0 Å². The summed E-state index contributed by atoms with van der Waals surface area (Å²) >= 11 is 0. The van der Waals surface area contributed by atoms with Crippen molar-refractivity contribution in [3.8, 4) is 0 Å². The highest BCUT2D eigenvalue weighted by Gasteiger charge is 2.38. The van der Waals surface area contributed by atoms with Crippen molar-refractivity contribution >= 4 is 5.97 Å². The average Bonchev–Trinajstić information content (AvgIpc) is 2.87. The Morgan fingerprint density at radius 1 is 1.38 bits per heavy atom. The van der Waals surface area contributed by atoms with Crippen molar-refractivity contribution in [3.05, 3.63) is 11.7 Å². The van der Waals surface area contributed by atoms with Crippen LogP contribution in [0.15, 0.2) is 4.52 Å². The molecule has 1 aliphatic carbocycles. The van der Waals surface area contributed by atoms with Gasteiger partial charge in [-0.15, -0.1) is 0 Å². The van der Waals surface area contributed by atoms with Gasteiger partial charge >= 0.3 is 5.97 Å². The molecule has 0 atom stereocenters. The number of carboxylic acids is 1. The van der Waals surface area contributed by atoms with E-state index in [1.165, 1.54) is 6.42 Å². The number of nitrogens with zero attached hydrogens (tertiary/aromatic N) is 3. The van der Waals surface area contributed by atoms with Gasteiger partial charge < -0.3 is 9.63 Å². The Balaban J connectivity index is 2.10. The van der Waals surface area contributed by atoms with Crippen LogP contribution in [0.3, 0.4) is 0 Å². The van der Waals surface area contributed by atoms with Gasteiger partial charge in [0.15, 0.2) is 5.82 Å². The molecule has 1 N–H and O–H groups in total. The van der Waals surface area contributed by atoms with Gasteiger partial charge in [0.2, 0.25) is 5.89 Å². The maximum absolute atomic E-state index is 11.2. The topological polar surface area (TPSA) is 79.5 Å². The van der Waals surface area contributed by atoms with Gasteiger partial charge in [0, 0.05) is 11.5 Å². The van der Waals surface area contributed by atoms with E-state index in [1.807, 2.05) is 20.9 Å². The Morgan fingerprint density at radius 3 is 2.57 bits per heavy atom. The van der Waals surface area contributed by atoms with E-state index in [0.717, 1.165) is 25.7 Å². The lowest BCUT2D eigenvalue weighted by Crippen LogP contribution is -2.49. The summed E-state index contributed by atoms with van der Waals surface area (Å²) < 4.78 is 5.22. The van der Waals surface area contributed by atoms with Crippen LogP contribution in [-0.2, 0) is 11.3 Å². The zero-order chi connectivity index (χ0) is 15.5. The van der Waals surface area contributed by atoms with Crippen LogP contribution in [0.25, 0.3) is 0 Å². The predicted molar refractivity (Wildman–Crippen MR) is 77.9 cm³/mol. The van der Waals surface area contributed by atoms with Crippen LogP contribution in [0.2, 0.25) is 0 Å². The van der Waals surface area contributed by atoms with E-state index in [4.69, 9.17) is 4.52 Å². The Labute approximate surface area is 125 Å². The van der Waals surface area contributed by atoms with Crippen LogP contribution in [0.4, 0.5) is 0 Å². The zero-order valence-electron chi connectivity index (χ0n) is 13.1. The standard InChI is InChI=1S/C15H25N3O3/c1-11(2)14-16-12(17-21-14)10-18(3)15(9-13(19)20)7-5-4-6-8-15/h11H,4-10H2,1-3H3,(H,19,20). The molecule has 1 aliphatic rings. The minimum atomic E-state index is -0.736. The lowest BCUT2D eigenvalue weighted by atomic mass is 9.78. The SMILES string of the molecule is CC(C)c1nc(CN(C)C2(CC(=O)O)CCCCC2)no1. The lowest BCUT2D eigenvalue weighted by molar-refractivity contribution is -0.141. The van der Waals surface area contributed by atoms with E-state index in [0.29, 0.717) is 18.3 Å². The van der Waals surface area contributed by atoms with E-state index >= 15 is 0 Å². The average molecular weight is 295 g/mol. The van der Waals surface area contributed by atoms with Crippen molar-refractivity contribution in [1.29, 1.82) is 0 Å². The first kappa shape index (κ1) is 15.9. The summed E-state index contributed by atoms with van der Waals surface area (Å²) in [6.07, 6.45) is 5.38. The molecule has 118 valence electrons. The summed E-state index contributed by atoms with van der Waals surface area (Å²) in [5.74, 6) is 0.741. The largest absolute Gasteiger partial charge is 0.481 e. The van der Waals surface area contributed by atoms with Crippen molar-refractivity contribution in [2.24, 2.45) is 0 Å². The van der Waals surface area contributed by atoms with Crippen molar-refractivity contribution in [2.45, 2.75) is 70.4 Å². The number of carboxylic acid groups (broad SMARTS) is 1. The Kier molecular flexibility index (Phi) is 4.98. The Morgan fingerprint density at radius 2 is 2.05 bits per heavy atom. The third kappa shape index (κ3) is 3.81. The molecular weight excluding hydrogens is 270 g/mol. The molecule has 1 fully saturated rings. The van der Waals surface area contributed by atoms with E-state index in [1.54, 1.807) is 0 Å². The first-order chi connectivity index (χ1) is 9.93. The van der Waals surface area contributed by atoms with Gasteiger partial charge in [0.05, 0.1) is 13.0 Å². The number of hydrogen-bond donors (Lipinski definition) is 1. The molecule has 0 unspecified atom stereocenters. The van der Waals surface area contributed by atoms with Gasteiger partial charge in [-0.2, -0.15) is 4.98 Å². The summed E-state index contributed by atoms with van der Waals surface area (Å²) in [5.41, 5.74) is -0.275. The maximum atomic E-state index is 11.2. The van der Waals surface area contributed by atoms with Gasteiger partial charge in [0.25, 0.3) is 0 Å². The van der Waals surface area contributed by atoms with Gasteiger partial charge in [-0.3, -0.25) is 9.69 Å². The van der Waals surface area contributed by atoms with Crippen molar-refractivity contribution < 1.29 is 14.4 Å². The number of aliphatic carboxylic acids is 1. The summed E-state index contributed by atoms with van der Waals surface area (Å²) in [6.45, 7) is 4.55. The third-order valence-electron chi connectivity index (χ3n) is 4.43. The minimum Gasteiger partial charge on any atom is -0.481 e. The molecule has 2 rings (SSSR count). The van der Waals surface area contributed by atoms with Crippen molar-refractivity contribution in [1.82, 2.24) is 15.0 Å². The third-order valence-corrected chi connectivity index (χ3v) is 4.43. The molecular formula is C15H25N3O3. The van der Waals surface area contributed by atoms with Crippen LogP contribution in [-0.4, -0.2) is 38.7 Å². The van der Waals surface area contributed by atoms with E-state index in [2.05, 4.69) is 15.0 Å². The van der Waals surface area contributed by atoms with Crippen LogP contribution >= 0.6 is 0 Å². The van der Waals surface area contributed by atoms with E-state index < -0.39 is 5.97 Å². The monoisotopic (exact) mass is 295 g/mol.